The molecule has 1 aliphatic carbocycles. The second-order valence-electron chi connectivity index (χ2n) is 10.8. The molecule has 0 aliphatic heterocycles. The number of ketones is 1. The minimum absolute atomic E-state index is 0.0698. The van der Waals surface area contributed by atoms with Crippen LogP contribution in [0.1, 0.15) is 52.7 Å². The van der Waals surface area contributed by atoms with Gasteiger partial charge in [0.05, 0.1) is 5.56 Å². The van der Waals surface area contributed by atoms with Gasteiger partial charge < -0.3 is 10.8 Å². The second-order valence-corrected chi connectivity index (χ2v) is 10.8. The van der Waals surface area contributed by atoms with Crippen LogP contribution in [0.2, 0.25) is 0 Å². The minimum Gasteiger partial charge on any atom is -0.480 e. The minimum atomic E-state index is -1.36. The first-order valence-electron chi connectivity index (χ1n) is 13.9. The quantitative estimate of drug-likeness (QED) is 0.213. The maximum Gasteiger partial charge on any atom is 0.324 e. The summed E-state index contributed by atoms with van der Waals surface area (Å²) in [5, 5.41) is 13.6. The molecular formula is C33H30F3N3O4. The number of pyridine rings is 1. The van der Waals surface area contributed by atoms with E-state index in [1.54, 1.807) is 0 Å². The van der Waals surface area contributed by atoms with E-state index in [4.69, 9.17) is 5.73 Å². The molecule has 0 saturated heterocycles. The first kappa shape index (κ1) is 29.8. The van der Waals surface area contributed by atoms with Crippen molar-refractivity contribution in [3.8, 4) is 5.69 Å². The molecule has 10 heteroatoms. The molecule has 0 spiro atoms. The van der Waals surface area contributed by atoms with E-state index in [2.05, 4.69) is 5.32 Å². The molecule has 222 valence electrons. The van der Waals surface area contributed by atoms with Gasteiger partial charge in [0.25, 0.3) is 5.56 Å². The normalized spacial score (nSPS) is 14.9. The summed E-state index contributed by atoms with van der Waals surface area (Å²) in [6.07, 6.45) is 3.41. The van der Waals surface area contributed by atoms with Crippen molar-refractivity contribution < 1.29 is 27.9 Å². The third-order valence-corrected chi connectivity index (χ3v) is 8.15. The lowest BCUT2D eigenvalue weighted by molar-refractivity contribution is -0.147. The zero-order chi connectivity index (χ0) is 30.7. The van der Waals surface area contributed by atoms with Crippen LogP contribution >= 0.6 is 0 Å². The maximum absolute atomic E-state index is 15.6. The standard InChI is InChI=1S/C33H30F3N3O4/c34-24-12-10-22(11-13-24)30(41)25-14-15-28(40)39(31(25)37)29-26(35)16-21(17-27(29)36)19-38-33(32(42)43,23-8-4-5-9-23)18-20-6-2-1-3-7-20/h1-3,6-7,10-17,23,38H,4-5,8-9,18-19,37H2,(H,42,43). The van der Waals surface area contributed by atoms with E-state index in [-0.39, 0.29) is 35.6 Å². The summed E-state index contributed by atoms with van der Waals surface area (Å²) < 4.78 is 45.0. The topological polar surface area (TPSA) is 114 Å². The molecule has 0 radical (unpaired) electrons. The molecule has 1 heterocycles. The van der Waals surface area contributed by atoms with E-state index in [0.717, 1.165) is 54.8 Å². The average molecular weight is 590 g/mol. The number of anilines is 1. The molecule has 1 aliphatic rings. The van der Waals surface area contributed by atoms with Gasteiger partial charge in [0, 0.05) is 24.6 Å². The van der Waals surface area contributed by atoms with Crippen LogP contribution < -0.4 is 16.6 Å². The van der Waals surface area contributed by atoms with Crippen LogP contribution in [0.4, 0.5) is 19.0 Å². The molecule has 1 unspecified atom stereocenters. The Labute approximate surface area is 245 Å². The lowest BCUT2D eigenvalue weighted by atomic mass is 9.77. The van der Waals surface area contributed by atoms with Crippen molar-refractivity contribution in [2.24, 2.45) is 5.92 Å². The number of halogens is 3. The van der Waals surface area contributed by atoms with Crippen molar-refractivity contribution >= 4 is 17.6 Å². The van der Waals surface area contributed by atoms with E-state index < -0.39 is 51.8 Å². The number of aromatic nitrogens is 1. The molecule has 1 aromatic heterocycles. The number of hydrogen-bond donors (Lipinski definition) is 3. The number of carboxylic acids is 1. The van der Waals surface area contributed by atoms with Crippen LogP contribution in [0.5, 0.6) is 0 Å². The summed E-state index contributed by atoms with van der Waals surface area (Å²) >= 11 is 0. The molecule has 4 N–H and O–H groups in total. The zero-order valence-corrected chi connectivity index (χ0v) is 23.2. The summed E-state index contributed by atoms with van der Waals surface area (Å²) in [7, 11) is 0. The molecule has 1 atom stereocenters. The Hall–Kier alpha value is -4.70. The fourth-order valence-corrected chi connectivity index (χ4v) is 5.94. The third-order valence-electron chi connectivity index (χ3n) is 8.15. The molecule has 1 saturated carbocycles. The highest BCUT2D eigenvalue weighted by Crippen LogP contribution is 2.37. The monoisotopic (exact) mass is 589 g/mol. The fourth-order valence-electron chi connectivity index (χ4n) is 5.94. The van der Waals surface area contributed by atoms with Crippen LogP contribution in [-0.4, -0.2) is 27.0 Å². The summed E-state index contributed by atoms with van der Waals surface area (Å²) in [5.41, 5.74) is 3.93. The maximum atomic E-state index is 15.6. The van der Waals surface area contributed by atoms with Crippen molar-refractivity contribution in [3.05, 3.63) is 129 Å². The Morgan fingerprint density at radius 3 is 2.14 bits per heavy atom. The number of nitrogen functional groups attached to an aromatic ring is 1. The number of rotatable bonds is 10. The third kappa shape index (κ3) is 5.96. The summed E-state index contributed by atoms with van der Waals surface area (Å²) in [6.45, 7) is -0.156. The van der Waals surface area contributed by atoms with Crippen molar-refractivity contribution in [1.82, 2.24) is 9.88 Å². The number of nitrogens with two attached hydrogens (primary N) is 1. The molecule has 4 aromatic rings. The molecule has 7 nitrogen and oxygen atoms in total. The molecule has 0 amide bonds. The van der Waals surface area contributed by atoms with Crippen LogP contribution in [0, 0.1) is 23.4 Å². The van der Waals surface area contributed by atoms with Gasteiger partial charge in [-0.3, -0.25) is 24.3 Å². The smallest absolute Gasteiger partial charge is 0.324 e. The highest BCUT2D eigenvalue weighted by molar-refractivity contribution is 6.11. The van der Waals surface area contributed by atoms with Gasteiger partial charge in [-0.1, -0.05) is 43.2 Å². The number of hydrogen-bond acceptors (Lipinski definition) is 5. The number of nitrogens with one attached hydrogen (secondary N) is 1. The van der Waals surface area contributed by atoms with Gasteiger partial charge >= 0.3 is 5.97 Å². The van der Waals surface area contributed by atoms with E-state index in [0.29, 0.717) is 17.4 Å². The average Bonchev–Trinajstić information content (AvgIpc) is 3.53. The van der Waals surface area contributed by atoms with Gasteiger partial charge in [-0.25, -0.2) is 13.2 Å². The predicted octanol–water partition coefficient (Wildman–Crippen LogP) is 5.41. The van der Waals surface area contributed by atoms with Gasteiger partial charge in [-0.15, -0.1) is 0 Å². The summed E-state index contributed by atoms with van der Waals surface area (Å²) in [5.74, 6) is -5.18. The van der Waals surface area contributed by atoms with E-state index >= 15 is 8.78 Å². The Kier molecular flexibility index (Phi) is 8.50. The van der Waals surface area contributed by atoms with Crippen LogP contribution in [0.3, 0.4) is 0 Å². The first-order chi connectivity index (χ1) is 20.6. The van der Waals surface area contributed by atoms with E-state index in [1.165, 1.54) is 12.1 Å². The van der Waals surface area contributed by atoms with Crippen LogP contribution in [0.25, 0.3) is 5.69 Å². The Balaban J connectivity index is 1.47. The van der Waals surface area contributed by atoms with E-state index in [9.17, 15) is 23.9 Å². The van der Waals surface area contributed by atoms with Crippen molar-refractivity contribution in [2.75, 3.05) is 5.73 Å². The van der Waals surface area contributed by atoms with Crippen LogP contribution in [-0.2, 0) is 17.8 Å². The Bertz CT molecular complexity index is 1700. The lowest BCUT2D eigenvalue weighted by Gasteiger charge is -2.36. The molecular weight excluding hydrogens is 559 g/mol. The lowest BCUT2D eigenvalue weighted by Crippen LogP contribution is -2.58. The second kappa shape index (κ2) is 12.3. The first-order valence-corrected chi connectivity index (χ1v) is 13.9. The van der Waals surface area contributed by atoms with Crippen molar-refractivity contribution in [2.45, 2.75) is 44.2 Å². The summed E-state index contributed by atoms with van der Waals surface area (Å²) in [4.78, 5) is 38.5. The molecule has 5 rings (SSSR count). The van der Waals surface area contributed by atoms with Gasteiger partial charge in [0.1, 0.15) is 22.9 Å². The highest BCUT2D eigenvalue weighted by Gasteiger charge is 2.46. The number of carbonyl (C=O) groups excluding carboxylic acids is 1. The van der Waals surface area contributed by atoms with Gasteiger partial charge in [0.15, 0.2) is 17.4 Å². The number of carboxylic acid groups (broad SMARTS) is 1. The predicted molar refractivity (Wildman–Crippen MR) is 156 cm³/mol. The van der Waals surface area contributed by atoms with Crippen molar-refractivity contribution in [1.29, 1.82) is 0 Å². The fraction of sp³-hybridized carbons (Fsp3) is 0.242. The summed E-state index contributed by atoms with van der Waals surface area (Å²) in [6, 6.07) is 18.0. The highest BCUT2D eigenvalue weighted by atomic mass is 19.1. The zero-order valence-electron chi connectivity index (χ0n) is 23.2. The molecule has 0 bridgehead atoms. The van der Waals surface area contributed by atoms with Gasteiger partial charge in [0.2, 0.25) is 0 Å². The largest absolute Gasteiger partial charge is 0.480 e. The Morgan fingerprint density at radius 2 is 1.53 bits per heavy atom. The van der Waals surface area contributed by atoms with Crippen LogP contribution in [0.15, 0.2) is 83.7 Å². The SMILES string of the molecule is Nc1c(C(=O)c2ccc(F)cc2)ccc(=O)n1-c1c(F)cc(CNC(Cc2ccccc2)(C(=O)O)C2CCCC2)cc1F. The number of benzene rings is 3. The van der Waals surface area contributed by atoms with Gasteiger partial charge in [-0.05, 0) is 72.4 Å². The van der Waals surface area contributed by atoms with Gasteiger partial charge in [-0.2, -0.15) is 0 Å². The Morgan fingerprint density at radius 1 is 0.907 bits per heavy atom. The molecule has 3 aromatic carbocycles. The molecule has 43 heavy (non-hydrogen) atoms. The number of nitrogens with zero attached hydrogens (tertiary/aromatic N) is 1. The number of carbonyl (C=O) groups is 2. The molecule has 1 fully saturated rings. The van der Waals surface area contributed by atoms with E-state index in [1.807, 2.05) is 30.3 Å². The van der Waals surface area contributed by atoms with Crippen molar-refractivity contribution in [3.63, 3.8) is 0 Å². The number of aliphatic carboxylic acids is 1.